The summed E-state index contributed by atoms with van der Waals surface area (Å²) < 4.78 is 7.31. The van der Waals surface area contributed by atoms with E-state index in [9.17, 15) is 4.79 Å². The summed E-state index contributed by atoms with van der Waals surface area (Å²) in [5, 5.41) is 8.53. The van der Waals surface area contributed by atoms with Gasteiger partial charge in [-0.25, -0.2) is 9.78 Å². The van der Waals surface area contributed by atoms with Crippen LogP contribution in [0.5, 0.6) is 0 Å². The van der Waals surface area contributed by atoms with Gasteiger partial charge in [-0.2, -0.15) is 9.61 Å². The van der Waals surface area contributed by atoms with E-state index in [0.717, 1.165) is 24.3 Å². The number of amides is 1. The number of fused-ring (bicyclic) bond motifs is 1. The van der Waals surface area contributed by atoms with Crippen molar-refractivity contribution in [2.24, 2.45) is 0 Å². The number of ether oxygens (including phenoxy) is 1. The highest BCUT2D eigenvalue weighted by molar-refractivity contribution is 6.29. The molecule has 1 saturated heterocycles. The van der Waals surface area contributed by atoms with Gasteiger partial charge in [0.15, 0.2) is 5.65 Å². The van der Waals surface area contributed by atoms with E-state index in [1.165, 1.54) is 18.4 Å². The molecule has 0 bridgehead atoms. The Morgan fingerprint density at radius 1 is 1.26 bits per heavy atom. The number of anilines is 1. The third-order valence-corrected chi connectivity index (χ3v) is 5.18. The maximum Gasteiger partial charge on any atom is 0.410 e. The lowest BCUT2D eigenvalue weighted by Crippen LogP contribution is -2.44. The van der Waals surface area contributed by atoms with Gasteiger partial charge in [-0.3, -0.25) is 0 Å². The van der Waals surface area contributed by atoms with Crippen molar-refractivity contribution in [3.63, 3.8) is 0 Å². The molecule has 8 heteroatoms. The average molecular weight is 392 g/mol. The zero-order chi connectivity index (χ0) is 19.2. The lowest BCUT2D eigenvalue weighted by molar-refractivity contribution is 0.0210. The Bertz CT molecular complexity index is 848. The molecular weight excluding hydrogens is 366 g/mol. The topological polar surface area (TPSA) is 71.8 Å². The van der Waals surface area contributed by atoms with E-state index in [-0.39, 0.29) is 12.1 Å². The number of carbonyl (C=O) groups excluding carboxylic acids is 1. The van der Waals surface area contributed by atoms with Gasteiger partial charge in [-0.05, 0) is 52.4 Å². The highest BCUT2D eigenvalue weighted by Crippen LogP contribution is 2.42. The number of piperidine rings is 1. The summed E-state index contributed by atoms with van der Waals surface area (Å²) in [6.45, 7) is 6.99. The Morgan fingerprint density at radius 2 is 1.96 bits per heavy atom. The molecule has 2 aromatic heterocycles. The molecule has 2 aromatic rings. The molecule has 0 spiro atoms. The second kappa shape index (κ2) is 6.86. The molecule has 3 heterocycles. The Morgan fingerprint density at radius 3 is 2.59 bits per heavy atom. The summed E-state index contributed by atoms with van der Waals surface area (Å²) in [4.78, 5) is 18.5. The fraction of sp³-hybridized carbons (Fsp3) is 0.632. The number of carbonyl (C=O) groups is 1. The van der Waals surface area contributed by atoms with E-state index in [1.54, 1.807) is 4.90 Å². The van der Waals surface area contributed by atoms with Crippen LogP contribution >= 0.6 is 11.6 Å². The first-order chi connectivity index (χ1) is 12.8. The molecule has 0 atom stereocenters. The van der Waals surface area contributed by atoms with Gasteiger partial charge in [0, 0.05) is 30.8 Å². The largest absolute Gasteiger partial charge is 0.444 e. The van der Waals surface area contributed by atoms with E-state index in [1.807, 2.05) is 37.5 Å². The van der Waals surface area contributed by atoms with Crippen molar-refractivity contribution in [3.8, 4) is 0 Å². The molecule has 2 aliphatic rings. The van der Waals surface area contributed by atoms with Gasteiger partial charge < -0.3 is 15.0 Å². The van der Waals surface area contributed by atoms with Crippen LogP contribution in [0, 0.1) is 0 Å². The first-order valence-corrected chi connectivity index (χ1v) is 9.96. The number of nitrogens with one attached hydrogen (secondary N) is 1. The van der Waals surface area contributed by atoms with Crippen molar-refractivity contribution in [1.82, 2.24) is 19.5 Å². The molecule has 27 heavy (non-hydrogen) atoms. The summed E-state index contributed by atoms with van der Waals surface area (Å²) in [6.07, 6.45) is 5.75. The van der Waals surface area contributed by atoms with Crippen molar-refractivity contribution in [3.05, 3.63) is 23.0 Å². The monoisotopic (exact) mass is 391 g/mol. The van der Waals surface area contributed by atoms with Gasteiger partial charge >= 0.3 is 6.09 Å². The van der Waals surface area contributed by atoms with E-state index in [0.29, 0.717) is 24.2 Å². The number of hydrogen-bond donors (Lipinski definition) is 1. The third-order valence-electron chi connectivity index (χ3n) is 4.98. The first-order valence-electron chi connectivity index (χ1n) is 9.59. The predicted molar refractivity (Wildman–Crippen MR) is 104 cm³/mol. The summed E-state index contributed by atoms with van der Waals surface area (Å²) in [5.74, 6) is 1.42. The van der Waals surface area contributed by atoms with Gasteiger partial charge in [-0.1, -0.05) is 11.6 Å². The van der Waals surface area contributed by atoms with Crippen LogP contribution in [0.15, 0.2) is 12.3 Å². The molecule has 0 unspecified atom stereocenters. The third kappa shape index (κ3) is 4.13. The van der Waals surface area contributed by atoms with Crippen LogP contribution in [0.2, 0.25) is 5.15 Å². The fourth-order valence-electron chi connectivity index (χ4n) is 3.48. The second-order valence-electron chi connectivity index (χ2n) is 8.46. The average Bonchev–Trinajstić information content (AvgIpc) is 3.34. The molecule has 7 nitrogen and oxygen atoms in total. The number of nitrogens with zero attached hydrogens (tertiary/aromatic N) is 4. The van der Waals surface area contributed by atoms with E-state index < -0.39 is 5.60 Å². The van der Waals surface area contributed by atoms with Crippen molar-refractivity contribution in [1.29, 1.82) is 0 Å². The van der Waals surface area contributed by atoms with Gasteiger partial charge in [0.2, 0.25) is 0 Å². The number of hydrogen-bond acceptors (Lipinski definition) is 5. The summed E-state index contributed by atoms with van der Waals surface area (Å²) in [5.41, 5.74) is 1.56. The number of aromatic nitrogens is 3. The molecule has 146 valence electrons. The van der Waals surface area contributed by atoms with Crippen molar-refractivity contribution >= 4 is 29.2 Å². The number of likely N-dealkylation sites (tertiary alicyclic amines) is 1. The molecule has 2 fully saturated rings. The van der Waals surface area contributed by atoms with Crippen LogP contribution < -0.4 is 5.32 Å². The van der Waals surface area contributed by atoms with Crippen molar-refractivity contribution in [2.75, 3.05) is 18.4 Å². The second-order valence-corrected chi connectivity index (χ2v) is 8.85. The zero-order valence-corrected chi connectivity index (χ0v) is 16.8. The molecule has 0 radical (unpaired) electrons. The number of rotatable bonds is 3. The molecule has 1 saturated carbocycles. The summed E-state index contributed by atoms with van der Waals surface area (Å²) in [7, 11) is 0. The Balaban J connectivity index is 1.43. The normalized spacial score (nSPS) is 18.7. The summed E-state index contributed by atoms with van der Waals surface area (Å²) >= 11 is 6.26. The van der Waals surface area contributed by atoms with Crippen molar-refractivity contribution in [2.45, 2.75) is 64.0 Å². The van der Waals surface area contributed by atoms with Crippen LogP contribution in [0.1, 0.15) is 57.9 Å². The number of halogens is 1. The highest BCUT2D eigenvalue weighted by atomic mass is 35.5. The first kappa shape index (κ1) is 18.3. The highest BCUT2D eigenvalue weighted by Gasteiger charge is 2.29. The van der Waals surface area contributed by atoms with Gasteiger partial charge in [0.05, 0.1) is 6.20 Å². The van der Waals surface area contributed by atoms with Crippen LogP contribution in [-0.4, -0.2) is 50.3 Å². The quantitative estimate of drug-likeness (QED) is 0.798. The molecule has 1 aliphatic carbocycles. The fourth-order valence-corrected chi connectivity index (χ4v) is 3.66. The van der Waals surface area contributed by atoms with Crippen molar-refractivity contribution < 1.29 is 9.53 Å². The maximum atomic E-state index is 12.2. The van der Waals surface area contributed by atoms with Crippen LogP contribution in [0.4, 0.5) is 10.6 Å². The van der Waals surface area contributed by atoms with Crippen LogP contribution in [-0.2, 0) is 4.74 Å². The minimum absolute atomic E-state index is 0.239. The van der Waals surface area contributed by atoms with Gasteiger partial charge in [0.1, 0.15) is 16.6 Å². The Hall–Kier alpha value is -2.02. The smallest absolute Gasteiger partial charge is 0.410 e. The Kier molecular flexibility index (Phi) is 4.66. The zero-order valence-electron chi connectivity index (χ0n) is 16.0. The maximum absolute atomic E-state index is 12.2. The molecule has 0 aromatic carbocycles. The van der Waals surface area contributed by atoms with Crippen LogP contribution in [0.3, 0.4) is 0 Å². The molecule has 1 N–H and O–H groups in total. The predicted octanol–water partition coefficient (Wildman–Crippen LogP) is 4.07. The van der Waals surface area contributed by atoms with E-state index >= 15 is 0 Å². The molecule has 1 aliphatic heterocycles. The summed E-state index contributed by atoms with van der Waals surface area (Å²) in [6, 6.07) is 2.07. The minimum atomic E-state index is -0.467. The Labute approximate surface area is 164 Å². The van der Waals surface area contributed by atoms with E-state index in [4.69, 9.17) is 16.3 Å². The standard InChI is InChI=1S/C19H26ClN5O2/c1-19(2,3)27-18(26)24-8-6-13(7-9-24)22-16-10-15(20)23-17-14(12-4-5-12)11-21-25(16)17/h10-13,22H,4-9H2,1-3H3. The SMILES string of the molecule is CC(C)(C)OC(=O)N1CCC(Nc2cc(Cl)nc3c(C4CC4)cnn23)CC1. The lowest BCUT2D eigenvalue weighted by atomic mass is 10.1. The molecule has 1 amide bonds. The minimum Gasteiger partial charge on any atom is -0.444 e. The molecular formula is C19H26ClN5O2. The van der Waals surface area contributed by atoms with E-state index in [2.05, 4.69) is 15.4 Å². The van der Waals surface area contributed by atoms with Gasteiger partial charge in [0.25, 0.3) is 0 Å². The van der Waals surface area contributed by atoms with Crippen LogP contribution in [0.25, 0.3) is 5.65 Å². The molecule has 4 rings (SSSR count). The lowest BCUT2D eigenvalue weighted by Gasteiger charge is -2.34. The van der Waals surface area contributed by atoms with Gasteiger partial charge in [-0.15, -0.1) is 0 Å².